The fourth-order valence-corrected chi connectivity index (χ4v) is 2.63. The van der Waals surface area contributed by atoms with Gasteiger partial charge in [-0.15, -0.1) is 0 Å². The number of aryl methyl sites for hydroxylation is 1. The fourth-order valence-electron chi connectivity index (χ4n) is 2.19. The van der Waals surface area contributed by atoms with Crippen LogP contribution in [0.15, 0.2) is 16.7 Å². The third-order valence-electron chi connectivity index (χ3n) is 2.89. The smallest absolute Gasteiger partial charge is 0.131 e. The van der Waals surface area contributed by atoms with E-state index in [0.717, 1.165) is 29.9 Å². The minimum absolute atomic E-state index is 0.166. The Balaban J connectivity index is 2.23. The van der Waals surface area contributed by atoms with Crippen LogP contribution >= 0.6 is 15.9 Å². The summed E-state index contributed by atoms with van der Waals surface area (Å²) in [6.07, 6.45) is 1.87. The fraction of sp³-hybridized carbons (Fsp3) is 0.583. The Kier molecular flexibility index (Phi) is 3.22. The molecule has 1 aromatic rings. The van der Waals surface area contributed by atoms with Crippen LogP contribution in [0.4, 0.5) is 5.82 Å². The van der Waals surface area contributed by atoms with Gasteiger partial charge in [0, 0.05) is 35.8 Å². The molecular formula is C12H18BrN3. The maximum atomic E-state index is 4.52. The highest BCUT2D eigenvalue weighted by atomic mass is 79.9. The molecule has 2 heterocycles. The quantitative estimate of drug-likeness (QED) is 0.858. The van der Waals surface area contributed by atoms with E-state index >= 15 is 0 Å². The zero-order valence-electron chi connectivity index (χ0n) is 10.0. The third-order valence-corrected chi connectivity index (χ3v) is 3.32. The average molecular weight is 284 g/mol. The Labute approximate surface area is 105 Å². The van der Waals surface area contributed by atoms with Gasteiger partial charge in [-0.1, -0.05) is 0 Å². The lowest BCUT2D eigenvalue weighted by Gasteiger charge is -2.40. The summed E-state index contributed by atoms with van der Waals surface area (Å²) in [6.45, 7) is 9.62. The lowest BCUT2D eigenvalue weighted by molar-refractivity contribution is 0.351. The minimum atomic E-state index is 0.166. The van der Waals surface area contributed by atoms with Crippen molar-refractivity contribution in [3.63, 3.8) is 0 Å². The Bertz CT molecular complexity index is 390. The average Bonchev–Trinajstić information content (AvgIpc) is 2.15. The molecule has 1 aromatic heterocycles. The number of anilines is 1. The van der Waals surface area contributed by atoms with Gasteiger partial charge in [-0.25, -0.2) is 4.98 Å². The second-order valence-corrected chi connectivity index (χ2v) is 5.94. The molecule has 0 spiro atoms. The van der Waals surface area contributed by atoms with E-state index in [2.05, 4.69) is 58.0 Å². The molecule has 0 aliphatic carbocycles. The SMILES string of the molecule is Cc1cc(Br)cnc1N1CCNC(C)(C)C1. The summed E-state index contributed by atoms with van der Waals surface area (Å²) in [4.78, 5) is 6.88. The van der Waals surface area contributed by atoms with E-state index in [1.807, 2.05) is 6.20 Å². The zero-order chi connectivity index (χ0) is 11.8. The first-order valence-electron chi connectivity index (χ1n) is 5.60. The van der Waals surface area contributed by atoms with E-state index in [1.165, 1.54) is 5.56 Å². The largest absolute Gasteiger partial charge is 0.353 e. The lowest BCUT2D eigenvalue weighted by atomic mass is 10.0. The van der Waals surface area contributed by atoms with Crippen molar-refractivity contribution in [2.45, 2.75) is 26.3 Å². The van der Waals surface area contributed by atoms with Gasteiger partial charge in [0.05, 0.1) is 0 Å². The number of aromatic nitrogens is 1. The van der Waals surface area contributed by atoms with Crippen molar-refractivity contribution in [1.82, 2.24) is 10.3 Å². The first-order valence-corrected chi connectivity index (χ1v) is 6.39. The molecule has 0 aromatic carbocycles. The number of halogens is 1. The maximum absolute atomic E-state index is 4.52. The third kappa shape index (κ3) is 2.55. The lowest BCUT2D eigenvalue weighted by Crippen LogP contribution is -2.57. The number of hydrogen-bond donors (Lipinski definition) is 1. The summed E-state index contributed by atoms with van der Waals surface area (Å²) in [5.41, 5.74) is 1.39. The molecule has 0 atom stereocenters. The summed E-state index contributed by atoms with van der Waals surface area (Å²) >= 11 is 3.45. The molecule has 0 bridgehead atoms. The summed E-state index contributed by atoms with van der Waals surface area (Å²) in [5.74, 6) is 1.11. The van der Waals surface area contributed by atoms with Crippen molar-refractivity contribution >= 4 is 21.7 Å². The monoisotopic (exact) mass is 283 g/mol. The minimum Gasteiger partial charge on any atom is -0.353 e. The second-order valence-electron chi connectivity index (χ2n) is 5.03. The van der Waals surface area contributed by atoms with Crippen LogP contribution in [0.3, 0.4) is 0 Å². The van der Waals surface area contributed by atoms with Gasteiger partial charge in [-0.3, -0.25) is 0 Å². The molecular weight excluding hydrogens is 266 g/mol. The van der Waals surface area contributed by atoms with E-state index < -0.39 is 0 Å². The van der Waals surface area contributed by atoms with Gasteiger partial charge in [-0.2, -0.15) is 0 Å². The van der Waals surface area contributed by atoms with Crippen molar-refractivity contribution in [2.75, 3.05) is 24.5 Å². The normalized spacial score (nSPS) is 19.9. The first kappa shape index (κ1) is 11.9. The first-order chi connectivity index (χ1) is 7.48. The van der Waals surface area contributed by atoms with E-state index in [9.17, 15) is 0 Å². The van der Waals surface area contributed by atoms with Crippen LogP contribution in [0, 0.1) is 6.92 Å². The zero-order valence-corrected chi connectivity index (χ0v) is 11.6. The molecule has 16 heavy (non-hydrogen) atoms. The van der Waals surface area contributed by atoms with Gasteiger partial charge in [0.15, 0.2) is 0 Å². The van der Waals surface area contributed by atoms with Crippen LogP contribution in [0.25, 0.3) is 0 Å². The molecule has 1 aliphatic rings. The van der Waals surface area contributed by atoms with Crippen molar-refractivity contribution in [2.24, 2.45) is 0 Å². The standard InChI is InChI=1S/C12H18BrN3/c1-9-6-10(13)7-14-11(9)16-5-4-15-12(2,3)8-16/h6-7,15H,4-5,8H2,1-3H3. The number of nitrogens with zero attached hydrogens (tertiary/aromatic N) is 2. The van der Waals surface area contributed by atoms with E-state index in [0.29, 0.717) is 0 Å². The van der Waals surface area contributed by atoms with E-state index in [1.54, 1.807) is 0 Å². The van der Waals surface area contributed by atoms with Crippen LogP contribution in [0.2, 0.25) is 0 Å². The molecule has 2 rings (SSSR count). The molecule has 1 saturated heterocycles. The van der Waals surface area contributed by atoms with Gasteiger partial charge >= 0.3 is 0 Å². The van der Waals surface area contributed by atoms with Crippen LogP contribution in [0.5, 0.6) is 0 Å². The molecule has 0 amide bonds. The molecule has 88 valence electrons. The number of rotatable bonds is 1. The Morgan fingerprint density at radius 2 is 2.25 bits per heavy atom. The Morgan fingerprint density at radius 3 is 2.88 bits per heavy atom. The number of pyridine rings is 1. The Morgan fingerprint density at radius 1 is 1.50 bits per heavy atom. The molecule has 1 N–H and O–H groups in total. The van der Waals surface area contributed by atoms with E-state index in [-0.39, 0.29) is 5.54 Å². The predicted octanol–water partition coefficient (Wildman–Crippen LogP) is 2.34. The molecule has 3 nitrogen and oxygen atoms in total. The molecule has 0 radical (unpaired) electrons. The van der Waals surface area contributed by atoms with Gasteiger partial charge < -0.3 is 10.2 Å². The summed E-state index contributed by atoms with van der Waals surface area (Å²) in [7, 11) is 0. The predicted molar refractivity (Wildman–Crippen MR) is 71.0 cm³/mol. The van der Waals surface area contributed by atoms with Crippen molar-refractivity contribution < 1.29 is 0 Å². The summed E-state index contributed by atoms with van der Waals surface area (Å²) < 4.78 is 1.04. The molecule has 1 fully saturated rings. The van der Waals surface area contributed by atoms with Crippen molar-refractivity contribution in [3.8, 4) is 0 Å². The number of hydrogen-bond acceptors (Lipinski definition) is 3. The molecule has 4 heteroatoms. The number of piperazine rings is 1. The van der Waals surface area contributed by atoms with Gasteiger partial charge in [0.25, 0.3) is 0 Å². The van der Waals surface area contributed by atoms with Crippen LogP contribution in [-0.4, -0.2) is 30.2 Å². The number of nitrogens with one attached hydrogen (secondary N) is 1. The molecule has 1 aliphatic heterocycles. The highest BCUT2D eigenvalue weighted by Gasteiger charge is 2.26. The van der Waals surface area contributed by atoms with Gasteiger partial charge in [0.1, 0.15) is 5.82 Å². The molecule has 0 saturated carbocycles. The summed E-state index contributed by atoms with van der Waals surface area (Å²) in [5, 5.41) is 3.51. The van der Waals surface area contributed by atoms with Crippen molar-refractivity contribution in [1.29, 1.82) is 0 Å². The van der Waals surface area contributed by atoms with Crippen molar-refractivity contribution in [3.05, 3.63) is 22.3 Å². The van der Waals surface area contributed by atoms with Crippen LogP contribution in [0.1, 0.15) is 19.4 Å². The second kappa shape index (κ2) is 4.34. The van der Waals surface area contributed by atoms with Crippen LogP contribution in [-0.2, 0) is 0 Å². The van der Waals surface area contributed by atoms with E-state index in [4.69, 9.17) is 0 Å². The maximum Gasteiger partial charge on any atom is 0.131 e. The molecule has 0 unspecified atom stereocenters. The van der Waals surface area contributed by atoms with Crippen LogP contribution < -0.4 is 10.2 Å². The topological polar surface area (TPSA) is 28.2 Å². The highest BCUT2D eigenvalue weighted by Crippen LogP contribution is 2.23. The Hall–Kier alpha value is -0.610. The summed E-state index contributed by atoms with van der Waals surface area (Å²) in [6, 6.07) is 2.12. The highest BCUT2D eigenvalue weighted by molar-refractivity contribution is 9.10. The van der Waals surface area contributed by atoms with Gasteiger partial charge in [-0.05, 0) is 48.3 Å². The van der Waals surface area contributed by atoms with Gasteiger partial charge in [0.2, 0.25) is 0 Å².